The first-order chi connectivity index (χ1) is 14.9. The molecule has 3 aromatic rings. The molecule has 3 aromatic carbocycles. The van der Waals surface area contributed by atoms with Crippen LogP contribution in [0.2, 0.25) is 5.02 Å². The summed E-state index contributed by atoms with van der Waals surface area (Å²) in [5.74, 6) is -0.333. The number of amides is 1. The molecular formula is C24H22ClNO5. The quantitative estimate of drug-likeness (QED) is 0.512. The molecular weight excluding hydrogens is 418 g/mol. The van der Waals surface area contributed by atoms with Crippen LogP contribution in [0, 0.1) is 6.92 Å². The van der Waals surface area contributed by atoms with Crippen LogP contribution in [0.25, 0.3) is 0 Å². The van der Waals surface area contributed by atoms with Crippen molar-refractivity contribution in [2.24, 2.45) is 0 Å². The molecule has 1 atom stereocenters. The highest BCUT2D eigenvalue weighted by atomic mass is 35.5. The van der Waals surface area contributed by atoms with E-state index in [1.807, 2.05) is 13.0 Å². The van der Waals surface area contributed by atoms with Crippen molar-refractivity contribution in [1.82, 2.24) is 0 Å². The number of methoxy groups -OCH3 is 2. The van der Waals surface area contributed by atoms with Gasteiger partial charge in [0, 0.05) is 22.3 Å². The van der Waals surface area contributed by atoms with Crippen molar-refractivity contribution < 1.29 is 23.8 Å². The molecule has 1 N–H and O–H groups in total. The minimum atomic E-state index is -1.18. The predicted molar refractivity (Wildman–Crippen MR) is 119 cm³/mol. The second-order valence-electron chi connectivity index (χ2n) is 6.75. The lowest BCUT2D eigenvalue weighted by molar-refractivity contribution is -0.125. The lowest BCUT2D eigenvalue weighted by Gasteiger charge is -2.19. The van der Waals surface area contributed by atoms with Gasteiger partial charge in [0.05, 0.1) is 19.8 Å². The standard InChI is InChI=1S/C24H22ClNO5/c1-15-9-10-18(13-21(15)25)26-23(27)22(16-7-5-4-6-8-16)31-24(28)17-11-19(29-2)14-20(12-17)30-3/h4-14,22H,1-3H3,(H,26,27)/t22-/m1/s1. The number of esters is 1. The normalized spacial score (nSPS) is 11.4. The van der Waals surface area contributed by atoms with Gasteiger partial charge in [0.1, 0.15) is 11.5 Å². The molecule has 160 valence electrons. The van der Waals surface area contributed by atoms with Crippen molar-refractivity contribution in [1.29, 1.82) is 0 Å². The first-order valence-corrected chi connectivity index (χ1v) is 9.85. The number of ether oxygens (including phenoxy) is 3. The summed E-state index contributed by atoms with van der Waals surface area (Å²) in [4.78, 5) is 25.9. The molecule has 0 heterocycles. The first kappa shape index (κ1) is 22.2. The molecule has 0 unspecified atom stereocenters. The second-order valence-corrected chi connectivity index (χ2v) is 7.16. The van der Waals surface area contributed by atoms with Gasteiger partial charge in [0.25, 0.3) is 5.91 Å². The number of rotatable bonds is 7. The molecule has 31 heavy (non-hydrogen) atoms. The van der Waals surface area contributed by atoms with E-state index >= 15 is 0 Å². The lowest BCUT2D eigenvalue weighted by atomic mass is 10.1. The highest BCUT2D eigenvalue weighted by molar-refractivity contribution is 6.31. The summed E-state index contributed by atoms with van der Waals surface area (Å²) in [6, 6.07) is 18.6. The molecule has 1 amide bonds. The van der Waals surface area contributed by atoms with Gasteiger partial charge in [-0.25, -0.2) is 4.79 Å². The molecule has 0 aliphatic carbocycles. The molecule has 0 aromatic heterocycles. The first-order valence-electron chi connectivity index (χ1n) is 9.47. The number of carbonyl (C=O) groups is 2. The Kier molecular flexibility index (Phi) is 7.15. The average Bonchev–Trinajstić information content (AvgIpc) is 2.79. The van der Waals surface area contributed by atoms with Gasteiger partial charge in [0.15, 0.2) is 0 Å². The third kappa shape index (κ3) is 5.55. The second kappa shape index (κ2) is 10.00. The maximum Gasteiger partial charge on any atom is 0.339 e. The van der Waals surface area contributed by atoms with E-state index in [1.54, 1.807) is 48.5 Å². The Balaban J connectivity index is 1.88. The number of hydrogen-bond donors (Lipinski definition) is 1. The molecule has 0 saturated heterocycles. The van der Waals surface area contributed by atoms with Gasteiger partial charge in [-0.3, -0.25) is 4.79 Å². The van der Waals surface area contributed by atoms with Crippen LogP contribution in [-0.4, -0.2) is 26.1 Å². The van der Waals surface area contributed by atoms with Crippen LogP contribution < -0.4 is 14.8 Å². The number of halogens is 1. The molecule has 7 heteroatoms. The molecule has 0 saturated carbocycles. The van der Waals surface area contributed by atoms with E-state index < -0.39 is 18.0 Å². The van der Waals surface area contributed by atoms with Gasteiger partial charge in [-0.15, -0.1) is 0 Å². The van der Waals surface area contributed by atoms with Gasteiger partial charge >= 0.3 is 5.97 Å². The fourth-order valence-corrected chi connectivity index (χ4v) is 3.06. The number of nitrogens with one attached hydrogen (secondary N) is 1. The SMILES string of the molecule is COc1cc(OC)cc(C(=O)O[C@@H](C(=O)Nc2ccc(C)c(Cl)c2)c2ccccc2)c1. The summed E-state index contributed by atoms with van der Waals surface area (Å²) in [5.41, 5.74) is 2.11. The van der Waals surface area contributed by atoms with E-state index in [-0.39, 0.29) is 5.56 Å². The van der Waals surface area contributed by atoms with E-state index in [1.165, 1.54) is 26.4 Å². The van der Waals surface area contributed by atoms with Crippen LogP contribution in [0.5, 0.6) is 11.5 Å². The predicted octanol–water partition coefficient (Wildman–Crippen LogP) is 5.20. The summed E-state index contributed by atoms with van der Waals surface area (Å²) < 4.78 is 16.0. The van der Waals surface area contributed by atoms with Gasteiger partial charge in [-0.05, 0) is 36.8 Å². The number of hydrogen-bond acceptors (Lipinski definition) is 5. The zero-order valence-corrected chi connectivity index (χ0v) is 18.1. The molecule has 0 radical (unpaired) electrons. The number of benzene rings is 3. The minimum absolute atomic E-state index is 0.198. The fourth-order valence-electron chi connectivity index (χ4n) is 2.88. The number of aryl methyl sites for hydroxylation is 1. The van der Waals surface area contributed by atoms with Gasteiger partial charge in [-0.1, -0.05) is 48.0 Å². The summed E-state index contributed by atoms with van der Waals surface area (Å²) in [6.07, 6.45) is -1.18. The van der Waals surface area contributed by atoms with Crippen molar-refractivity contribution in [2.45, 2.75) is 13.0 Å². The maximum absolute atomic E-state index is 13.0. The Hall–Kier alpha value is -3.51. The Morgan fingerprint density at radius 1 is 0.903 bits per heavy atom. The van der Waals surface area contributed by atoms with E-state index in [2.05, 4.69) is 5.32 Å². The van der Waals surface area contributed by atoms with E-state index in [0.29, 0.717) is 27.8 Å². The average molecular weight is 440 g/mol. The molecule has 0 aliphatic heterocycles. The molecule has 0 aliphatic rings. The Morgan fingerprint density at radius 3 is 2.13 bits per heavy atom. The van der Waals surface area contributed by atoms with Crippen molar-refractivity contribution in [3.05, 3.63) is 88.4 Å². The zero-order valence-electron chi connectivity index (χ0n) is 17.3. The zero-order chi connectivity index (χ0) is 22.4. The fraction of sp³-hybridized carbons (Fsp3) is 0.167. The topological polar surface area (TPSA) is 73.9 Å². The van der Waals surface area contributed by atoms with E-state index in [4.69, 9.17) is 25.8 Å². The number of carbonyl (C=O) groups excluding carboxylic acids is 2. The number of anilines is 1. The van der Waals surface area contributed by atoms with Gasteiger partial charge < -0.3 is 19.5 Å². The van der Waals surface area contributed by atoms with Crippen molar-refractivity contribution >= 4 is 29.2 Å². The third-order valence-corrected chi connectivity index (χ3v) is 5.00. The maximum atomic E-state index is 13.0. The Labute approximate surface area is 185 Å². The minimum Gasteiger partial charge on any atom is -0.497 e. The van der Waals surface area contributed by atoms with E-state index in [0.717, 1.165) is 5.56 Å². The van der Waals surface area contributed by atoms with E-state index in [9.17, 15) is 9.59 Å². The summed E-state index contributed by atoms with van der Waals surface area (Å²) in [6.45, 7) is 1.87. The molecule has 0 bridgehead atoms. The largest absolute Gasteiger partial charge is 0.497 e. The molecule has 0 fully saturated rings. The summed E-state index contributed by atoms with van der Waals surface area (Å²) >= 11 is 6.15. The van der Waals surface area contributed by atoms with Crippen LogP contribution in [0.4, 0.5) is 5.69 Å². The van der Waals surface area contributed by atoms with Crippen LogP contribution in [0.15, 0.2) is 66.7 Å². The molecule has 3 rings (SSSR count). The van der Waals surface area contributed by atoms with Crippen molar-refractivity contribution in [3.63, 3.8) is 0 Å². The van der Waals surface area contributed by atoms with Gasteiger partial charge in [-0.2, -0.15) is 0 Å². The van der Waals surface area contributed by atoms with Crippen molar-refractivity contribution in [3.8, 4) is 11.5 Å². The summed E-state index contributed by atoms with van der Waals surface area (Å²) in [7, 11) is 2.97. The molecule has 0 spiro atoms. The monoisotopic (exact) mass is 439 g/mol. The Bertz CT molecular complexity index is 1060. The lowest BCUT2D eigenvalue weighted by Crippen LogP contribution is -2.26. The highest BCUT2D eigenvalue weighted by Crippen LogP contribution is 2.27. The Morgan fingerprint density at radius 2 is 1.55 bits per heavy atom. The van der Waals surface area contributed by atoms with Crippen LogP contribution in [0.3, 0.4) is 0 Å². The smallest absolute Gasteiger partial charge is 0.339 e. The van der Waals surface area contributed by atoms with Crippen molar-refractivity contribution in [2.75, 3.05) is 19.5 Å². The van der Waals surface area contributed by atoms with Crippen LogP contribution in [-0.2, 0) is 9.53 Å². The van der Waals surface area contributed by atoms with Crippen LogP contribution >= 0.6 is 11.6 Å². The third-order valence-electron chi connectivity index (χ3n) is 4.59. The van der Waals surface area contributed by atoms with Gasteiger partial charge in [0.2, 0.25) is 6.10 Å². The molecule has 6 nitrogen and oxygen atoms in total. The summed E-state index contributed by atoms with van der Waals surface area (Å²) in [5, 5.41) is 3.28. The highest BCUT2D eigenvalue weighted by Gasteiger charge is 2.26. The van der Waals surface area contributed by atoms with Crippen LogP contribution in [0.1, 0.15) is 27.6 Å².